The van der Waals surface area contributed by atoms with Crippen LogP contribution < -0.4 is 16.0 Å². The number of hydrogen-bond acceptors (Lipinski definition) is 3. The van der Waals surface area contributed by atoms with Crippen LogP contribution in [0.4, 0.5) is 16.2 Å². The summed E-state index contributed by atoms with van der Waals surface area (Å²) in [6.45, 7) is 2.02. The summed E-state index contributed by atoms with van der Waals surface area (Å²) in [4.78, 5) is 23.3. The highest BCUT2D eigenvalue weighted by Gasteiger charge is 2.09. The molecule has 2 amide bonds. The Morgan fingerprint density at radius 2 is 1.83 bits per heavy atom. The number of hydrogen-bond donors (Lipinski definition) is 3. The van der Waals surface area contributed by atoms with Crippen LogP contribution in [-0.4, -0.2) is 31.2 Å². The molecule has 0 spiro atoms. The molecule has 0 aliphatic rings. The number of nitrogen functional groups attached to an aromatic ring is 1. The van der Waals surface area contributed by atoms with E-state index in [1.807, 2.05) is 31.2 Å². The van der Waals surface area contributed by atoms with E-state index in [-0.39, 0.29) is 12.5 Å². The SMILES string of the molecule is CNC(=O)N(C)c1cccc(CC(=O)O)c1.Cc1cccc(N)c1. The van der Waals surface area contributed by atoms with Crippen molar-refractivity contribution < 1.29 is 14.7 Å². The van der Waals surface area contributed by atoms with E-state index in [1.54, 1.807) is 38.4 Å². The third kappa shape index (κ3) is 6.39. The summed E-state index contributed by atoms with van der Waals surface area (Å²) in [5.74, 6) is -0.889. The van der Waals surface area contributed by atoms with Gasteiger partial charge in [0.25, 0.3) is 0 Å². The van der Waals surface area contributed by atoms with E-state index >= 15 is 0 Å². The summed E-state index contributed by atoms with van der Waals surface area (Å²) in [6.07, 6.45) is -0.0462. The summed E-state index contributed by atoms with van der Waals surface area (Å²) in [7, 11) is 3.17. The van der Waals surface area contributed by atoms with E-state index in [0.29, 0.717) is 11.3 Å². The van der Waals surface area contributed by atoms with Gasteiger partial charge in [-0.25, -0.2) is 4.79 Å². The maximum atomic E-state index is 11.3. The van der Waals surface area contributed by atoms with Crippen LogP contribution in [-0.2, 0) is 11.2 Å². The van der Waals surface area contributed by atoms with Crippen LogP contribution in [0, 0.1) is 6.92 Å². The minimum absolute atomic E-state index is 0.0462. The average Bonchev–Trinajstić information content (AvgIpc) is 2.53. The van der Waals surface area contributed by atoms with Crippen LogP contribution in [0.1, 0.15) is 11.1 Å². The predicted molar refractivity (Wildman–Crippen MR) is 96.2 cm³/mol. The first-order valence-corrected chi connectivity index (χ1v) is 7.41. The van der Waals surface area contributed by atoms with Crippen molar-refractivity contribution in [3.8, 4) is 0 Å². The molecule has 128 valence electrons. The molecule has 0 atom stereocenters. The van der Waals surface area contributed by atoms with Gasteiger partial charge in [0.15, 0.2) is 0 Å². The van der Waals surface area contributed by atoms with Gasteiger partial charge in [-0.05, 0) is 42.3 Å². The summed E-state index contributed by atoms with van der Waals surface area (Å²) in [6, 6.07) is 14.4. The van der Waals surface area contributed by atoms with E-state index < -0.39 is 5.97 Å². The maximum absolute atomic E-state index is 11.3. The Labute approximate surface area is 141 Å². The Bertz CT molecular complexity index is 684. The number of carbonyl (C=O) groups is 2. The number of rotatable bonds is 3. The number of anilines is 2. The van der Waals surface area contributed by atoms with Gasteiger partial charge in [-0.15, -0.1) is 0 Å². The van der Waals surface area contributed by atoms with E-state index in [0.717, 1.165) is 5.69 Å². The molecular weight excluding hydrogens is 306 g/mol. The first kappa shape index (κ1) is 19.0. The second kappa shape index (κ2) is 9.19. The summed E-state index contributed by atoms with van der Waals surface area (Å²) in [5, 5.41) is 11.2. The molecule has 0 saturated carbocycles. The Morgan fingerprint density at radius 1 is 1.17 bits per heavy atom. The van der Waals surface area contributed by atoms with E-state index in [2.05, 4.69) is 5.32 Å². The van der Waals surface area contributed by atoms with Crippen LogP contribution in [0.25, 0.3) is 0 Å². The number of nitrogens with zero attached hydrogens (tertiary/aromatic N) is 1. The number of nitrogens with two attached hydrogens (primary N) is 1. The molecule has 2 aromatic rings. The summed E-state index contributed by atoms with van der Waals surface area (Å²) >= 11 is 0. The lowest BCUT2D eigenvalue weighted by atomic mass is 10.1. The lowest BCUT2D eigenvalue weighted by molar-refractivity contribution is -0.136. The van der Waals surface area contributed by atoms with Crippen molar-refractivity contribution in [2.45, 2.75) is 13.3 Å². The fraction of sp³-hybridized carbons (Fsp3) is 0.222. The highest BCUT2D eigenvalue weighted by Crippen LogP contribution is 2.15. The molecular formula is C18H23N3O3. The average molecular weight is 329 g/mol. The highest BCUT2D eigenvalue weighted by atomic mass is 16.4. The first-order chi connectivity index (χ1) is 11.3. The Kier molecular flexibility index (Phi) is 7.29. The van der Waals surface area contributed by atoms with Crippen LogP contribution in [0.3, 0.4) is 0 Å². The van der Waals surface area contributed by atoms with Crippen molar-refractivity contribution in [1.29, 1.82) is 0 Å². The van der Waals surface area contributed by atoms with Gasteiger partial charge in [0.1, 0.15) is 0 Å². The van der Waals surface area contributed by atoms with Gasteiger partial charge in [0, 0.05) is 25.5 Å². The molecule has 4 N–H and O–H groups in total. The standard InChI is InChI=1S/C11H14N2O3.C7H9N/c1-12-11(16)13(2)9-5-3-4-8(6-9)7-10(14)15;1-6-3-2-4-7(8)5-6/h3-6H,7H2,1-2H3,(H,12,16)(H,14,15);2-5H,8H2,1H3. The molecule has 0 heterocycles. The van der Waals surface area contributed by atoms with Gasteiger partial charge in [-0.3, -0.25) is 9.69 Å². The Hall–Kier alpha value is -3.02. The van der Waals surface area contributed by atoms with Crippen molar-refractivity contribution in [2.75, 3.05) is 24.7 Å². The quantitative estimate of drug-likeness (QED) is 0.754. The van der Waals surface area contributed by atoms with E-state index in [9.17, 15) is 9.59 Å². The number of carbonyl (C=O) groups excluding carboxylic acids is 1. The Morgan fingerprint density at radius 3 is 2.33 bits per heavy atom. The summed E-state index contributed by atoms with van der Waals surface area (Å²) in [5.41, 5.74) is 8.84. The number of aliphatic carboxylic acids is 1. The molecule has 0 fully saturated rings. The molecule has 6 heteroatoms. The smallest absolute Gasteiger partial charge is 0.321 e. The van der Waals surface area contributed by atoms with Crippen molar-refractivity contribution in [1.82, 2.24) is 5.32 Å². The third-order valence-corrected chi connectivity index (χ3v) is 3.21. The fourth-order valence-electron chi connectivity index (χ4n) is 2.00. The van der Waals surface area contributed by atoms with Crippen LogP contribution in [0.15, 0.2) is 48.5 Å². The zero-order valence-corrected chi connectivity index (χ0v) is 14.1. The zero-order chi connectivity index (χ0) is 18.1. The van der Waals surface area contributed by atoms with Gasteiger partial charge in [0.2, 0.25) is 0 Å². The van der Waals surface area contributed by atoms with Gasteiger partial charge < -0.3 is 16.2 Å². The molecule has 2 aromatic carbocycles. The maximum Gasteiger partial charge on any atom is 0.321 e. The largest absolute Gasteiger partial charge is 0.481 e. The number of nitrogens with one attached hydrogen (secondary N) is 1. The molecule has 0 unspecified atom stereocenters. The molecule has 2 rings (SSSR count). The molecule has 0 aromatic heterocycles. The first-order valence-electron chi connectivity index (χ1n) is 7.41. The molecule has 0 bridgehead atoms. The fourth-order valence-corrected chi connectivity index (χ4v) is 2.00. The second-order valence-corrected chi connectivity index (χ2v) is 5.27. The minimum Gasteiger partial charge on any atom is -0.481 e. The third-order valence-electron chi connectivity index (χ3n) is 3.21. The van der Waals surface area contributed by atoms with E-state index in [1.165, 1.54) is 10.5 Å². The molecule has 24 heavy (non-hydrogen) atoms. The highest BCUT2D eigenvalue weighted by molar-refractivity contribution is 5.91. The number of urea groups is 1. The summed E-state index contributed by atoms with van der Waals surface area (Å²) < 4.78 is 0. The van der Waals surface area contributed by atoms with Gasteiger partial charge >= 0.3 is 12.0 Å². The normalized spacial score (nSPS) is 9.46. The van der Waals surface area contributed by atoms with Crippen molar-refractivity contribution in [3.05, 3.63) is 59.7 Å². The van der Waals surface area contributed by atoms with Gasteiger partial charge in [-0.2, -0.15) is 0 Å². The molecule has 0 aliphatic carbocycles. The number of aryl methyl sites for hydroxylation is 1. The van der Waals surface area contributed by atoms with Crippen LogP contribution in [0.2, 0.25) is 0 Å². The van der Waals surface area contributed by atoms with Crippen molar-refractivity contribution in [3.63, 3.8) is 0 Å². The predicted octanol–water partition coefficient (Wildman–Crippen LogP) is 2.67. The topological polar surface area (TPSA) is 95.7 Å². The number of carboxylic acids is 1. The molecule has 6 nitrogen and oxygen atoms in total. The lowest BCUT2D eigenvalue weighted by Crippen LogP contribution is -2.34. The lowest BCUT2D eigenvalue weighted by Gasteiger charge is -2.17. The van der Waals surface area contributed by atoms with Gasteiger partial charge in [0.05, 0.1) is 6.42 Å². The zero-order valence-electron chi connectivity index (χ0n) is 14.1. The molecule has 0 aliphatic heterocycles. The van der Waals surface area contributed by atoms with Crippen LogP contribution >= 0.6 is 0 Å². The number of carboxylic acid groups (broad SMARTS) is 1. The minimum atomic E-state index is -0.889. The second-order valence-electron chi connectivity index (χ2n) is 5.27. The van der Waals surface area contributed by atoms with Gasteiger partial charge in [-0.1, -0.05) is 24.3 Å². The monoisotopic (exact) mass is 329 g/mol. The van der Waals surface area contributed by atoms with E-state index in [4.69, 9.17) is 10.8 Å². The molecule has 0 radical (unpaired) electrons. The van der Waals surface area contributed by atoms with Crippen LogP contribution in [0.5, 0.6) is 0 Å². The molecule has 0 saturated heterocycles. The Balaban J connectivity index is 0.000000300. The number of benzene rings is 2. The number of amides is 2. The van der Waals surface area contributed by atoms with Crippen molar-refractivity contribution in [2.24, 2.45) is 0 Å². The van der Waals surface area contributed by atoms with Crippen molar-refractivity contribution >= 4 is 23.4 Å².